The highest BCUT2D eigenvalue weighted by atomic mass is 32.2. The summed E-state index contributed by atoms with van der Waals surface area (Å²) in [6.45, 7) is 2.35. The minimum atomic E-state index is -4.38. The molecule has 0 saturated carbocycles. The molecule has 55 heavy (non-hydrogen) atoms. The van der Waals surface area contributed by atoms with Crippen LogP contribution in [0.2, 0.25) is 0 Å². The molecule has 1 aliphatic carbocycles. The number of allylic oxidation sites excluding steroid dienone is 2. The van der Waals surface area contributed by atoms with Crippen LogP contribution < -0.4 is 21.3 Å². The highest BCUT2D eigenvalue weighted by Gasteiger charge is 2.43. The molecule has 1 unspecified atom stereocenters. The average Bonchev–Trinajstić information content (AvgIpc) is 3.57. The lowest BCUT2D eigenvalue weighted by Gasteiger charge is -2.31. The molecule has 0 fully saturated rings. The lowest BCUT2D eigenvalue weighted by atomic mass is 9.73. The van der Waals surface area contributed by atoms with Crippen molar-refractivity contribution in [1.82, 2.24) is 4.90 Å². The van der Waals surface area contributed by atoms with Gasteiger partial charge in [0.05, 0.1) is 27.5 Å². The van der Waals surface area contributed by atoms with Gasteiger partial charge in [0.15, 0.2) is 0 Å². The summed E-state index contributed by atoms with van der Waals surface area (Å²) in [5.41, 5.74) is 7.83. The fourth-order valence-electron chi connectivity index (χ4n) is 7.59. The molecule has 2 aliphatic heterocycles. The number of nitrogens with zero attached hydrogens (tertiary/aromatic N) is 1. The maximum Gasteiger partial charge on any atom is 0.294 e. The Balaban J connectivity index is 1.07. The Morgan fingerprint density at radius 2 is 1.20 bits per heavy atom. The van der Waals surface area contributed by atoms with Gasteiger partial charge in [-0.1, -0.05) is 18.2 Å². The van der Waals surface area contributed by atoms with Crippen LogP contribution in [0.3, 0.4) is 0 Å². The number of hydrogen-bond acceptors (Lipinski definition) is 10. The highest BCUT2D eigenvalue weighted by molar-refractivity contribution is 7.86. The van der Waals surface area contributed by atoms with Crippen molar-refractivity contribution in [1.29, 1.82) is 0 Å². The molecule has 280 valence electrons. The molecule has 1 atom stereocenters. The number of amides is 2. The topological polar surface area (TPSA) is 194 Å². The van der Waals surface area contributed by atoms with E-state index in [0.29, 0.717) is 39.7 Å². The summed E-state index contributed by atoms with van der Waals surface area (Å²) in [6.07, 6.45) is 5.28. The molecule has 15 heteroatoms. The Bertz CT molecular complexity index is 2570. The molecule has 13 nitrogen and oxygen atoms in total. The van der Waals surface area contributed by atoms with Crippen LogP contribution in [0.15, 0.2) is 125 Å². The third kappa shape index (κ3) is 6.94. The van der Waals surface area contributed by atoms with Gasteiger partial charge in [0.25, 0.3) is 32.1 Å². The maximum atomic E-state index is 13.9. The van der Waals surface area contributed by atoms with Crippen molar-refractivity contribution in [2.75, 3.05) is 21.3 Å². The second-order valence-electron chi connectivity index (χ2n) is 13.9. The number of rotatable bonds is 10. The first-order chi connectivity index (χ1) is 26.2. The van der Waals surface area contributed by atoms with Crippen LogP contribution >= 0.6 is 0 Å². The summed E-state index contributed by atoms with van der Waals surface area (Å²) in [7, 11) is -8.76. The van der Waals surface area contributed by atoms with E-state index >= 15 is 0 Å². The van der Waals surface area contributed by atoms with Gasteiger partial charge in [-0.05, 0) is 128 Å². The zero-order valence-corrected chi connectivity index (χ0v) is 31.0. The summed E-state index contributed by atoms with van der Waals surface area (Å²) in [5.74, 6) is -0.756. The molecular formula is C40H35N5O8S2. The van der Waals surface area contributed by atoms with Gasteiger partial charge < -0.3 is 21.3 Å². The molecule has 0 bridgehead atoms. The van der Waals surface area contributed by atoms with Crippen molar-refractivity contribution >= 4 is 71.9 Å². The maximum absolute atomic E-state index is 13.9. The quantitative estimate of drug-likeness (QED) is 0.0593. The van der Waals surface area contributed by atoms with Crippen molar-refractivity contribution in [3.05, 3.63) is 137 Å². The molecule has 3 aliphatic rings. The fourth-order valence-corrected chi connectivity index (χ4v) is 8.55. The third-order valence-electron chi connectivity index (χ3n) is 10.2. The van der Waals surface area contributed by atoms with Crippen LogP contribution in [0.1, 0.15) is 58.0 Å². The van der Waals surface area contributed by atoms with E-state index in [1.165, 1.54) is 59.1 Å². The van der Waals surface area contributed by atoms with Crippen molar-refractivity contribution in [3.63, 3.8) is 0 Å². The SMILES string of the molecule is CC12CCCC=C1Nc1cccc(CN3C(=O)c4ccc(Nc5cc(Nc6ccc(S(=O)(=O)O)cc6)cc(Nc6ccc(S(=O)(=O)O)cc6)c5)cc4C3=O)c12. The predicted octanol–water partition coefficient (Wildman–Crippen LogP) is 7.96. The van der Waals surface area contributed by atoms with Gasteiger partial charge in [-0.2, -0.15) is 16.8 Å². The number of nitrogens with one attached hydrogen (secondary N) is 4. The number of imide groups is 1. The molecule has 0 spiro atoms. The Hall–Kier alpha value is -6.00. The van der Waals surface area contributed by atoms with E-state index in [4.69, 9.17) is 0 Å². The van der Waals surface area contributed by atoms with E-state index < -0.39 is 26.1 Å². The zero-order chi connectivity index (χ0) is 38.7. The first-order valence-corrected chi connectivity index (χ1v) is 20.3. The number of fused-ring (bicyclic) bond motifs is 4. The molecule has 2 amide bonds. The van der Waals surface area contributed by atoms with Crippen molar-refractivity contribution in [3.8, 4) is 0 Å². The predicted molar refractivity (Wildman–Crippen MR) is 209 cm³/mol. The van der Waals surface area contributed by atoms with Crippen LogP contribution in [-0.4, -0.2) is 42.7 Å². The lowest BCUT2D eigenvalue weighted by Crippen LogP contribution is -2.31. The molecule has 5 aromatic carbocycles. The summed E-state index contributed by atoms with van der Waals surface area (Å²) < 4.78 is 64.9. The van der Waals surface area contributed by atoms with Gasteiger partial charge in [0.2, 0.25) is 0 Å². The Morgan fingerprint density at radius 3 is 1.76 bits per heavy atom. The van der Waals surface area contributed by atoms with Gasteiger partial charge in [-0.15, -0.1) is 0 Å². The lowest BCUT2D eigenvalue weighted by molar-refractivity contribution is 0.0641. The minimum Gasteiger partial charge on any atom is -0.358 e. The van der Waals surface area contributed by atoms with Gasteiger partial charge in [0.1, 0.15) is 0 Å². The van der Waals surface area contributed by atoms with E-state index in [1.54, 1.807) is 36.4 Å². The van der Waals surface area contributed by atoms with Crippen LogP contribution in [0.25, 0.3) is 0 Å². The fraction of sp³-hybridized carbons (Fsp3) is 0.150. The molecule has 0 radical (unpaired) electrons. The smallest absolute Gasteiger partial charge is 0.294 e. The van der Waals surface area contributed by atoms with Crippen LogP contribution in [0.5, 0.6) is 0 Å². The number of carbonyl (C=O) groups excluding carboxylic acids is 2. The Kier molecular flexibility index (Phi) is 8.76. The van der Waals surface area contributed by atoms with Gasteiger partial charge in [0, 0.05) is 50.9 Å². The number of anilines is 7. The summed E-state index contributed by atoms with van der Waals surface area (Å²) >= 11 is 0. The van der Waals surface area contributed by atoms with Gasteiger partial charge >= 0.3 is 0 Å². The second kappa shape index (κ2) is 13.4. The summed E-state index contributed by atoms with van der Waals surface area (Å²) in [6, 6.07) is 27.2. The average molecular weight is 778 g/mol. The normalized spacial score (nSPS) is 17.5. The van der Waals surface area contributed by atoms with Crippen LogP contribution in [0, 0.1) is 0 Å². The molecule has 0 saturated heterocycles. The van der Waals surface area contributed by atoms with E-state index in [2.05, 4.69) is 34.3 Å². The van der Waals surface area contributed by atoms with Crippen molar-refractivity contribution in [2.45, 2.75) is 47.9 Å². The second-order valence-corrected chi connectivity index (χ2v) is 16.8. The Labute approximate surface area is 317 Å². The highest BCUT2D eigenvalue weighted by Crippen LogP contribution is 2.50. The minimum absolute atomic E-state index is 0.141. The molecule has 5 aromatic rings. The van der Waals surface area contributed by atoms with E-state index in [0.717, 1.165) is 36.1 Å². The third-order valence-corrected chi connectivity index (χ3v) is 11.9. The number of benzene rings is 5. The molecule has 2 heterocycles. The first-order valence-electron chi connectivity index (χ1n) is 17.4. The van der Waals surface area contributed by atoms with Gasteiger partial charge in [-0.25, -0.2) is 0 Å². The largest absolute Gasteiger partial charge is 0.358 e. The molecule has 8 rings (SSSR count). The zero-order valence-electron chi connectivity index (χ0n) is 29.3. The van der Waals surface area contributed by atoms with E-state index in [1.807, 2.05) is 18.2 Å². The van der Waals surface area contributed by atoms with E-state index in [9.17, 15) is 35.5 Å². The monoisotopic (exact) mass is 777 g/mol. The number of hydrogen-bond donors (Lipinski definition) is 6. The Morgan fingerprint density at radius 1 is 0.673 bits per heavy atom. The van der Waals surface area contributed by atoms with Crippen molar-refractivity contribution < 1.29 is 35.5 Å². The summed E-state index contributed by atoms with van der Waals surface area (Å²) in [5, 5.41) is 13.3. The molecule has 6 N–H and O–H groups in total. The molecule has 0 aromatic heterocycles. The van der Waals surface area contributed by atoms with E-state index in [-0.39, 0.29) is 33.2 Å². The first kappa shape index (κ1) is 36.0. The standard InChI is InChI=1S/C40H35N5O8S2/c1-40-18-3-2-7-36(40)44-35-6-4-5-24(37(35)40)23-45-38(46)33-17-12-27(22-34(33)39(45)47)43-30-20-28(41-25-8-13-31(14-9-25)54(48,49)50)19-29(21-30)42-26-10-15-32(16-11-26)55(51,52)53/h4-17,19-22,41-44H,2-3,18,23H2,1H3,(H,48,49,50)(H,51,52,53). The molecular weight excluding hydrogens is 743 g/mol. The van der Waals surface area contributed by atoms with Crippen LogP contribution in [0.4, 0.5) is 39.8 Å². The number of carbonyl (C=O) groups is 2. The van der Waals surface area contributed by atoms with Crippen LogP contribution in [-0.2, 0) is 32.2 Å². The van der Waals surface area contributed by atoms with Gasteiger partial charge in [-0.3, -0.25) is 23.6 Å². The van der Waals surface area contributed by atoms with Crippen molar-refractivity contribution in [2.24, 2.45) is 0 Å². The summed E-state index contributed by atoms with van der Waals surface area (Å²) in [4.78, 5) is 28.3.